The topological polar surface area (TPSA) is 75.8 Å². The maximum atomic E-state index is 12.4. The number of carbonyl (C=O) groups excluding carboxylic acids is 1. The van der Waals surface area contributed by atoms with Gasteiger partial charge < -0.3 is 9.47 Å². The average molecular weight is 338 g/mol. The van der Waals surface area contributed by atoms with Gasteiger partial charge in [0.15, 0.2) is 0 Å². The number of guanidine groups is 1. The molecular formula is C18H18N4O3. The Bertz CT molecular complexity index is 867. The van der Waals surface area contributed by atoms with Crippen molar-refractivity contribution in [2.24, 2.45) is 15.1 Å². The molecule has 0 radical (unpaired) electrons. The van der Waals surface area contributed by atoms with Crippen LogP contribution in [0.3, 0.4) is 0 Å². The van der Waals surface area contributed by atoms with E-state index in [9.17, 15) is 4.79 Å². The fourth-order valence-corrected chi connectivity index (χ4v) is 3.12. The number of carbonyl (C=O) groups is 1. The summed E-state index contributed by atoms with van der Waals surface area (Å²) in [6, 6.07) is 5.42. The average Bonchev–Trinajstić information content (AvgIpc) is 2.94. The molecule has 3 aliphatic rings. The molecule has 0 atom stereocenters. The lowest BCUT2D eigenvalue weighted by Crippen LogP contribution is -2.33. The highest BCUT2D eigenvalue weighted by atomic mass is 16.5. The van der Waals surface area contributed by atoms with Gasteiger partial charge in [-0.3, -0.25) is 4.79 Å². The Morgan fingerprint density at radius 3 is 2.64 bits per heavy atom. The molecule has 2 aliphatic heterocycles. The van der Waals surface area contributed by atoms with Crippen LogP contribution in [0.15, 0.2) is 39.0 Å². The minimum atomic E-state index is -0.347. The Hall–Kier alpha value is -2.96. The van der Waals surface area contributed by atoms with Crippen LogP contribution < -0.4 is 9.47 Å². The van der Waals surface area contributed by atoms with E-state index >= 15 is 0 Å². The maximum absolute atomic E-state index is 12.4. The second-order valence-corrected chi connectivity index (χ2v) is 5.98. The van der Waals surface area contributed by atoms with Crippen molar-refractivity contribution in [1.29, 1.82) is 0 Å². The molecule has 0 bridgehead atoms. The van der Waals surface area contributed by atoms with Crippen LogP contribution >= 0.6 is 0 Å². The SMILES string of the molecule is COc1ccc(C=C2C(=O)N=C3N=C4CCCCC4=NN23)c(OC)c1. The number of hydrogen-bond donors (Lipinski definition) is 0. The lowest BCUT2D eigenvalue weighted by Gasteiger charge is -2.24. The van der Waals surface area contributed by atoms with Crippen molar-refractivity contribution in [3.63, 3.8) is 0 Å². The molecule has 4 rings (SSSR count). The summed E-state index contributed by atoms with van der Waals surface area (Å²) in [5.41, 5.74) is 3.03. The van der Waals surface area contributed by atoms with Gasteiger partial charge in [0, 0.05) is 11.6 Å². The summed E-state index contributed by atoms with van der Waals surface area (Å²) in [6.45, 7) is 0. The highest BCUT2D eigenvalue weighted by Crippen LogP contribution is 2.30. The van der Waals surface area contributed by atoms with E-state index in [1.54, 1.807) is 26.4 Å². The standard InChI is InChI=1S/C18H18N4O3/c1-24-12-8-7-11(16(10-12)25-2)9-15-17(23)20-18-19-13-5-3-4-6-14(13)21-22(15)18/h7-10H,3-6H2,1-2H3. The third-order valence-corrected chi connectivity index (χ3v) is 4.44. The smallest absolute Gasteiger partial charge is 0.299 e. The molecule has 7 nitrogen and oxygen atoms in total. The highest BCUT2D eigenvalue weighted by molar-refractivity contribution is 6.45. The second kappa shape index (κ2) is 6.16. The molecule has 1 fully saturated rings. The molecule has 1 aromatic carbocycles. The van der Waals surface area contributed by atoms with Crippen LogP contribution in [0.2, 0.25) is 0 Å². The van der Waals surface area contributed by atoms with E-state index in [1.165, 1.54) is 5.01 Å². The van der Waals surface area contributed by atoms with Gasteiger partial charge in [0.25, 0.3) is 11.9 Å². The quantitative estimate of drug-likeness (QED) is 0.794. The number of aliphatic imine (C=N–C) groups is 2. The predicted octanol–water partition coefficient (Wildman–Crippen LogP) is 2.63. The summed E-state index contributed by atoms with van der Waals surface area (Å²) in [5.74, 6) is 1.30. The molecule has 1 amide bonds. The van der Waals surface area contributed by atoms with E-state index in [2.05, 4.69) is 15.1 Å². The van der Waals surface area contributed by atoms with Crippen LogP contribution in [0.5, 0.6) is 11.5 Å². The summed E-state index contributed by atoms with van der Waals surface area (Å²) in [7, 11) is 3.17. The van der Waals surface area contributed by atoms with Crippen molar-refractivity contribution in [3.8, 4) is 11.5 Å². The van der Waals surface area contributed by atoms with Gasteiger partial charge in [-0.2, -0.15) is 15.1 Å². The molecular weight excluding hydrogens is 320 g/mol. The van der Waals surface area contributed by atoms with Gasteiger partial charge in [-0.15, -0.1) is 0 Å². The van der Waals surface area contributed by atoms with Gasteiger partial charge >= 0.3 is 0 Å². The van der Waals surface area contributed by atoms with E-state index in [-0.39, 0.29) is 5.91 Å². The molecule has 0 spiro atoms. The van der Waals surface area contributed by atoms with E-state index in [0.29, 0.717) is 23.2 Å². The third kappa shape index (κ3) is 2.71. The number of methoxy groups -OCH3 is 2. The van der Waals surface area contributed by atoms with Crippen LogP contribution in [-0.4, -0.2) is 42.5 Å². The first-order chi connectivity index (χ1) is 12.2. The summed E-state index contributed by atoms with van der Waals surface area (Å²) >= 11 is 0. The number of ether oxygens (including phenoxy) is 2. The lowest BCUT2D eigenvalue weighted by molar-refractivity contribution is -0.114. The minimum absolute atomic E-state index is 0.347. The minimum Gasteiger partial charge on any atom is -0.497 e. The number of rotatable bonds is 3. The largest absolute Gasteiger partial charge is 0.497 e. The monoisotopic (exact) mass is 338 g/mol. The number of fused-ring (bicyclic) bond motifs is 2. The van der Waals surface area contributed by atoms with Crippen LogP contribution in [0, 0.1) is 0 Å². The van der Waals surface area contributed by atoms with Gasteiger partial charge in [0.2, 0.25) is 0 Å². The Morgan fingerprint density at radius 1 is 1.08 bits per heavy atom. The highest BCUT2D eigenvalue weighted by Gasteiger charge is 2.34. The summed E-state index contributed by atoms with van der Waals surface area (Å²) in [5, 5.41) is 6.15. The van der Waals surface area contributed by atoms with Gasteiger partial charge in [-0.05, 0) is 43.9 Å². The van der Waals surface area contributed by atoms with Crippen molar-refractivity contribution in [1.82, 2.24) is 5.01 Å². The van der Waals surface area contributed by atoms with Crippen LogP contribution in [0.4, 0.5) is 0 Å². The Morgan fingerprint density at radius 2 is 1.88 bits per heavy atom. The van der Waals surface area contributed by atoms with E-state index in [1.807, 2.05) is 12.1 Å². The first-order valence-electron chi connectivity index (χ1n) is 8.22. The number of hydrazone groups is 1. The third-order valence-electron chi connectivity index (χ3n) is 4.44. The number of amides is 1. The van der Waals surface area contributed by atoms with Crippen molar-refractivity contribution in [2.75, 3.05) is 14.2 Å². The fraction of sp³-hybridized carbons (Fsp3) is 0.333. The Labute approximate surface area is 145 Å². The first-order valence-corrected chi connectivity index (χ1v) is 8.22. The maximum Gasteiger partial charge on any atom is 0.299 e. The lowest BCUT2D eigenvalue weighted by atomic mass is 9.96. The van der Waals surface area contributed by atoms with Gasteiger partial charge in [-0.1, -0.05) is 0 Å². The summed E-state index contributed by atoms with van der Waals surface area (Å²) < 4.78 is 10.6. The summed E-state index contributed by atoms with van der Waals surface area (Å²) in [4.78, 5) is 20.9. The fourth-order valence-electron chi connectivity index (χ4n) is 3.12. The Balaban J connectivity index is 1.72. The molecule has 0 N–H and O–H groups in total. The predicted molar refractivity (Wildman–Crippen MR) is 95.1 cm³/mol. The molecule has 1 aliphatic carbocycles. The summed E-state index contributed by atoms with van der Waals surface area (Å²) in [6.07, 6.45) is 5.70. The zero-order valence-electron chi connectivity index (χ0n) is 14.2. The van der Waals surface area contributed by atoms with E-state index < -0.39 is 0 Å². The number of nitrogens with zero attached hydrogens (tertiary/aromatic N) is 4. The normalized spacial score (nSPS) is 20.6. The van der Waals surface area contributed by atoms with Crippen molar-refractivity contribution in [2.45, 2.75) is 25.7 Å². The zero-order valence-corrected chi connectivity index (χ0v) is 14.2. The van der Waals surface area contributed by atoms with Crippen molar-refractivity contribution >= 4 is 29.4 Å². The zero-order chi connectivity index (χ0) is 17.4. The van der Waals surface area contributed by atoms with E-state index in [0.717, 1.165) is 42.7 Å². The molecule has 1 aromatic rings. The van der Waals surface area contributed by atoms with E-state index in [4.69, 9.17) is 9.47 Å². The molecule has 128 valence electrons. The molecule has 0 unspecified atom stereocenters. The number of benzene rings is 1. The first kappa shape index (κ1) is 15.6. The van der Waals surface area contributed by atoms with Crippen molar-refractivity contribution < 1.29 is 14.3 Å². The molecule has 7 heteroatoms. The van der Waals surface area contributed by atoms with Crippen LogP contribution in [-0.2, 0) is 4.79 Å². The molecule has 0 aromatic heterocycles. The molecule has 1 saturated carbocycles. The van der Waals surface area contributed by atoms with Gasteiger partial charge in [0.05, 0.1) is 25.6 Å². The van der Waals surface area contributed by atoms with Crippen LogP contribution in [0.1, 0.15) is 31.2 Å². The molecule has 25 heavy (non-hydrogen) atoms. The second-order valence-electron chi connectivity index (χ2n) is 5.98. The molecule has 0 saturated heterocycles. The van der Waals surface area contributed by atoms with Gasteiger partial charge in [-0.25, -0.2) is 4.99 Å². The van der Waals surface area contributed by atoms with Gasteiger partial charge in [0.1, 0.15) is 17.2 Å². The van der Waals surface area contributed by atoms with Crippen molar-refractivity contribution in [3.05, 3.63) is 29.5 Å². The number of hydrogen-bond acceptors (Lipinski definition) is 6. The Kier molecular flexibility index (Phi) is 3.83. The molecule has 2 heterocycles. The van der Waals surface area contributed by atoms with Crippen LogP contribution in [0.25, 0.3) is 6.08 Å².